The fourth-order valence-corrected chi connectivity index (χ4v) is 5.23. The van der Waals surface area contributed by atoms with Crippen molar-refractivity contribution < 1.29 is 39.6 Å². The molecule has 0 saturated carbocycles. The zero-order valence-corrected chi connectivity index (χ0v) is 21.3. The molecule has 0 fully saturated rings. The van der Waals surface area contributed by atoms with Crippen LogP contribution >= 0.6 is 34.8 Å². The second-order valence-corrected chi connectivity index (χ2v) is 11.1. The van der Waals surface area contributed by atoms with Gasteiger partial charge >= 0.3 is 12.4 Å². The smallest absolute Gasteiger partial charge is 0.349 e. The van der Waals surface area contributed by atoms with Gasteiger partial charge in [-0.2, -0.15) is 26.3 Å². The minimum atomic E-state index is -4.90. The van der Waals surface area contributed by atoms with Crippen LogP contribution in [0.1, 0.15) is 34.3 Å². The summed E-state index contributed by atoms with van der Waals surface area (Å²) in [5, 5.41) is 1.92. The third-order valence-corrected chi connectivity index (χ3v) is 7.61. The Hall–Kier alpha value is -1.95. The summed E-state index contributed by atoms with van der Waals surface area (Å²) < 4.78 is 101. The predicted octanol–water partition coefficient (Wildman–Crippen LogP) is 7.10. The lowest BCUT2D eigenvalue weighted by Crippen LogP contribution is -2.39. The van der Waals surface area contributed by atoms with Gasteiger partial charge in [0.05, 0.1) is 26.7 Å². The van der Waals surface area contributed by atoms with Crippen molar-refractivity contribution in [3.05, 3.63) is 74.2 Å². The second kappa shape index (κ2) is 11.6. The molecule has 0 bridgehead atoms. The van der Waals surface area contributed by atoms with Crippen LogP contribution in [-0.2, 0) is 9.84 Å². The molecule has 0 aliphatic carbocycles. The first-order valence-electron chi connectivity index (χ1n) is 9.95. The zero-order chi connectivity index (χ0) is 27.5. The topological polar surface area (TPSA) is 63.2 Å². The number of benzene rings is 2. The number of rotatable bonds is 8. The van der Waals surface area contributed by atoms with Crippen LogP contribution in [0.15, 0.2) is 42.5 Å². The SMILES string of the molecule is CC(CS(=O)(=O)CC(F)(F)F)NC(=O)c1ccc(/C=C/C(c2cc(Cl)c(Cl)c(Cl)c2)C(F)(F)F)cc1. The van der Waals surface area contributed by atoms with Crippen molar-refractivity contribution in [3.8, 4) is 0 Å². The van der Waals surface area contributed by atoms with Crippen LogP contribution in [0.25, 0.3) is 6.08 Å². The summed E-state index contributed by atoms with van der Waals surface area (Å²) in [5.74, 6) is -5.75. The minimum absolute atomic E-state index is 0.0239. The summed E-state index contributed by atoms with van der Waals surface area (Å²) >= 11 is 17.5. The molecule has 0 aromatic heterocycles. The Bertz CT molecular complexity index is 1210. The Morgan fingerprint density at radius 3 is 2.00 bits per heavy atom. The first-order chi connectivity index (χ1) is 16.4. The Morgan fingerprint density at radius 2 is 1.53 bits per heavy atom. The number of alkyl halides is 6. The van der Waals surface area contributed by atoms with Crippen molar-refractivity contribution in [2.45, 2.75) is 31.2 Å². The number of sulfone groups is 1. The molecule has 2 unspecified atom stereocenters. The molecule has 4 nitrogen and oxygen atoms in total. The van der Waals surface area contributed by atoms with Gasteiger partial charge in [0.2, 0.25) is 0 Å². The van der Waals surface area contributed by atoms with E-state index in [2.05, 4.69) is 5.32 Å². The lowest BCUT2D eigenvalue weighted by molar-refractivity contribution is -0.139. The fourth-order valence-electron chi connectivity index (χ4n) is 3.15. The largest absolute Gasteiger partial charge is 0.402 e. The van der Waals surface area contributed by atoms with Gasteiger partial charge in [-0.05, 0) is 42.3 Å². The summed E-state index contributed by atoms with van der Waals surface area (Å²) in [6.45, 7) is 1.23. The molecule has 1 amide bonds. The summed E-state index contributed by atoms with van der Waals surface area (Å²) in [6.07, 6.45) is -7.54. The number of carbonyl (C=O) groups excluding carboxylic acids is 1. The van der Waals surface area contributed by atoms with Crippen molar-refractivity contribution in [2.75, 3.05) is 11.5 Å². The first-order valence-corrected chi connectivity index (χ1v) is 12.9. The lowest BCUT2D eigenvalue weighted by atomic mass is 9.97. The van der Waals surface area contributed by atoms with E-state index in [0.717, 1.165) is 18.2 Å². The molecule has 198 valence electrons. The van der Waals surface area contributed by atoms with Crippen LogP contribution in [0.2, 0.25) is 15.1 Å². The molecule has 2 aromatic rings. The van der Waals surface area contributed by atoms with Crippen LogP contribution in [0.3, 0.4) is 0 Å². The standard InChI is InChI=1S/C22H18Cl3F6NO3S/c1-12(10-36(34,35)11-21(26,27)28)32-20(33)14-5-2-13(3-6-14)4-7-16(22(29,30)31)15-8-17(23)19(25)18(24)9-15/h2-9,12,16H,10-11H2,1H3,(H,32,33)/b7-4+. The number of carbonyl (C=O) groups is 1. The molecule has 0 aliphatic rings. The van der Waals surface area contributed by atoms with E-state index in [4.69, 9.17) is 34.8 Å². The highest BCUT2D eigenvalue weighted by Gasteiger charge is 2.39. The van der Waals surface area contributed by atoms with Gasteiger partial charge in [-0.1, -0.05) is 59.1 Å². The highest BCUT2D eigenvalue weighted by molar-refractivity contribution is 7.91. The average molecular weight is 597 g/mol. The van der Waals surface area contributed by atoms with Crippen molar-refractivity contribution in [1.82, 2.24) is 5.32 Å². The van der Waals surface area contributed by atoms with Gasteiger partial charge in [-0.15, -0.1) is 0 Å². The van der Waals surface area contributed by atoms with Gasteiger partial charge in [-0.25, -0.2) is 8.42 Å². The van der Waals surface area contributed by atoms with Gasteiger partial charge < -0.3 is 5.32 Å². The van der Waals surface area contributed by atoms with Crippen molar-refractivity contribution >= 4 is 56.6 Å². The van der Waals surface area contributed by atoms with Gasteiger partial charge in [0.25, 0.3) is 5.91 Å². The molecule has 0 aliphatic heterocycles. The van der Waals surface area contributed by atoms with Crippen LogP contribution in [0, 0.1) is 0 Å². The Labute approximate surface area is 218 Å². The molecule has 36 heavy (non-hydrogen) atoms. The van der Waals surface area contributed by atoms with E-state index in [1.807, 2.05) is 0 Å². The molecule has 0 saturated heterocycles. The summed E-state index contributed by atoms with van der Waals surface area (Å²) in [7, 11) is -4.50. The number of allylic oxidation sites excluding steroid dienone is 1. The maximum atomic E-state index is 13.6. The van der Waals surface area contributed by atoms with Gasteiger partial charge in [0.15, 0.2) is 9.84 Å². The molecule has 2 rings (SSSR count). The predicted molar refractivity (Wildman–Crippen MR) is 127 cm³/mol. The Balaban J connectivity index is 2.13. The molecule has 0 radical (unpaired) electrons. The molecule has 2 aromatic carbocycles. The number of hydrogen-bond donors (Lipinski definition) is 1. The molecule has 14 heteroatoms. The van der Waals surface area contributed by atoms with Crippen LogP contribution < -0.4 is 5.32 Å². The average Bonchev–Trinajstić information content (AvgIpc) is 2.69. The number of halogens is 9. The summed E-state index contributed by atoms with van der Waals surface area (Å²) in [6, 6.07) is 6.21. The second-order valence-electron chi connectivity index (χ2n) is 7.84. The molecule has 0 heterocycles. The maximum absolute atomic E-state index is 13.6. The molecular weight excluding hydrogens is 579 g/mol. The van der Waals surface area contributed by atoms with E-state index in [-0.39, 0.29) is 26.2 Å². The molecule has 0 spiro atoms. The summed E-state index contributed by atoms with van der Waals surface area (Å²) in [4.78, 5) is 12.3. The van der Waals surface area contributed by atoms with Crippen LogP contribution in [0.4, 0.5) is 26.3 Å². The summed E-state index contributed by atoms with van der Waals surface area (Å²) in [5.41, 5.74) is 0.0900. The van der Waals surface area contributed by atoms with E-state index < -0.39 is 51.6 Å². The normalized spacial score (nSPS) is 14.6. The van der Waals surface area contributed by atoms with E-state index in [1.165, 1.54) is 37.3 Å². The zero-order valence-electron chi connectivity index (χ0n) is 18.2. The quantitative estimate of drug-likeness (QED) is 0.261. The van der Waals surface area contributed by atoms with Crippen LogP contribution in [-0.4, -0.2) is 44.2 Å². The minimum Gasteiger partial charge on any atom is -0.349 e. The highest BCUT2D eigenvalue weighted by atomic mass is 35.5. The van der Waals surface area contributed by atoms with E-state index in [1.54, 1.807) is 0 Å². The van der Waals surface area contributed by atoms with Gasteiger partial charge in [0, 0.05) is 11.6 Å². The monoisotopic (exact) mass is 595 g/mol. The lowest BCUT2D eigenvalue weighted by Gasteiger charge is -2.18. The van der Waals surface area contributed by atoms with E-state index >= 15 is 0 Å². The fraction of sp³-hybridized carbons (Fsp3) is 0.318. The third kappa shape index (κ3) is 9.17. The number of hydrogen-bond acceptors (Lipinski definition) is 3. The highest BCUT2D eigenvalue weighted by Crippen LogP contribution is 2.41. The van der Waals surface area contributed by atoms with Crippen molar-refractivity contribution in [3.63, 3.8) is 0 Å². The Kier molecular flexibility index (Phi) is 9.77. The van der Waals surface area contributed by atoms with E-state index in [9.17, 15) is 39.6 Å². The number of nitrogens with one attached hydrogen (secondary N) is 1. The first kappa shape index (κ1) is 30.3. The molecule has 1 N–H and O–H groups in total. The third-order valence-electron chi connectivity index (χ3n) is 4.64. The van der Waals surface area contributed by atoms with Crippen molar-refractivity contribution in [1.29, 1.82) is 0 Å². The van der Waals surface area contributed by atoms with Crippen LogP contribution in [0.5, 0.6) is 0 Å². The molecular formula is C22H18Cl3F6NO3S. The maximum Gasteiger partial charge on any atom is 0.402 e. The van der Waals surface area contributed by atoms with Gasteiger partial charge in [-0.3, -0.25) is 4.79 Å². The van der Waals surface area contributed by atoms with Gasteiger partial charge in [0.1, 0.15) is 5.75 Å². The van der Waals surface area contributed by atoms with Crippen molar-refractivity contribution in [2.24, 2.45) is 0 Å². The van der Waals surface area contributed by atoms with E-state index in [0.29, 0.717) is 5.56 Å². The number of amides is 1. The molecule has 2 atom stereocenters. The Morgan fingerprint density at radius 1 is 1.00 bits per heavy atom.